The Labute approximate surface area is 118 Å². The number of phenols is 1. The third-order valence-electron chi connectivity index (χ3n) is 3.07. The largest absolute Gasteiger partial charge is 0.506 e. The van der Waals surface area contributed by atoms with Crippen molar-refractivity contribution in [2.24, 2.45) is 0 Å². The van der Waals surface area contributed by atoms with Gasteiger partial charge in [0.15, 0.2) is 0 Å². The van der Waals surface area contributed by atoms with Crippen LogP contribution >= 0.6 is 0 Å². The molecule has 0 saturated heterocycles. The fourth-order valence-corrected chi connectivity index (χ4v) is 2.80. The van der Waals surface area contributed by atoms with Gasteiger partial charge in [0.05, 0.1) is 10.6 Å². The molecule has 2 aromatic carbocycles. The molecule has 5 nitrogen and oxygen atoms in total. The van der Waals surface area contributed by atoms with E-state index in [1.807, 2.05) is 19.9 Å². The lowest BCUT2D eigenvalue weighted by Gasteiger charge is -2.10. The molecule has 0 heterocycles. The lowest BCUT2D eigenvalue weighted by molar-refractivity contribution is 0.477. The number of nitrogens with one attached hydrogen (secondary N) is 1. The van der Waals surface area contributed by atoms with Crippen LogP contribution in [0.2, 0.25) is 0 Å². The quantitative estimate of drug-likeness (QED) is 0.598. The van der Waals surface area contributed by atoms with Gasteiger partial charge >= 0.3 is 0 Å². The molecule has 0 fully saturated rings. The summed E-state index contributed by atoms with van der Waals surface area (Å²) in [6.07, 6.45) is 0. The summed E-state index contributed by atoms with van der Waals surface area (Å²) in [7, 11) is -3.72. The minimum Gasteiger partial charge on any atom is -0.506 e. The van der Waals surface area contributed by atoms with E-state index in [9.17, 15) is 13.5 Å². The van der Waals surface area contributed by atoms with Crippen LogP contribution < -0.4 is 10.5 Å². The second-order valence-corrected chi connectivity index (χ2v) is 6.31. The Morgan fingerprint density at radius 3 is 2.35 bits per heavy atom. The Morgan fingerprint density at radius 1 is 1.05 bits per heavy atom. The number of hydrogen-bond donors (Lipinski definition) is 3. The second-order valence-electron chi connectivity index (χ2n) is 4.63. The summed E-state index contributed by atoms with van der Waals surface area (Å²) in [5.74, 6) is -0.143. The highest BCUT2D eigenvalue weighted by molar-refractivity contribution is 7.92. The average Bonchev–Trinajstić information content (AvgIpc) is 2.37. The summed E-state index contributed by atoms with van der Waals surface area (Å²) in [4.78, 5) is 0.00558. The molecule has 0 spiro atoms. The van der Waals surface area contributed by atoms with Crippen LogP contribution in [0.15, 0.2) is 41.3 Å². The summed E-state index contributed by atoms with van der Waals surface area (Å²) in [5.41, 5.74) is 8.10. The Balaban J connectivity index is 2.35. The van der Waals surface area contributed by atoms with Gasteiger partial charge in [0, 0.05) is 5.69 Å². The molecule has 0 unspecified atom stereocenters. The lowest BCUT2D eigenvalue weighted by atomic mass is 10.1. The molecule has 6 heteroatoms. The van der Waals surface area contributed by atoms with E-state index < -0.39 is 10.0 Å². The molecule has 0 aliphatic heterocycles. The first-order valence-corrected chi connectivity index (χ1v) is 7.46. The topological polar surface area (TPSA) is 92.4 Å². The number of phenolic OH excluding ortho intramolecular Hbond substituents is 1. The number of benzene rings is 2. The number of nitrogens with two attached hydrogens (primary N) is 1. The number of aromatic hydroxyl groups is 1. The number of nitrogen functional groups attached to an aromatic ring is 1. The highest BCUT2D eigenvalue weighted by Gasteiger charge is 2.15. The van der Waals surface area contributed by atoms with Crippen molar-refractivity contribution < 1.29 is 13.5 Å². The van der Waals surface area contributed by atoms with Crippen molar-refractivity contribution in [3.63, 3.8) is 0 Å². The molecule has 4 N–H and O–H groups in total. The van der Waals surface area contributed by atoms with Gasteiger partial charge in [-0.3, -0.25) is 4.72 Å². The van der Waals surface area contributed by atoms with Gasteiger partial charge in [0.25, 0.3) is 10.0 Å². The lowest BCUT2D eigenvalue weighted by Crippen LogP contribution is -2.13. The van der Waals surface area contributed by atoms with E-state index >= 15 is 0 Å². The average molecular weight is 292 g/mol. The molecule has 0 aliphatic rings. The Bertz CT molecular complexity index is 755. The molecule has 20 heavy (non-hydrogen) atoms. The van der Waals surface area contributed by atoms with E-state index in [4.69, 9.17) is 5.73 Å². The number of aryl methyl sites for hydroxylation is 2. The van der Waals surface area contributed by atoms with E-state index in [-0.39, 0.29) is 16.3 Å². The van der Waals surface area contributed by atoms with Crippen molar-refractivity contribution in [2.45, 2.75) is 18.7 Å². The molecule has 2 aromatic rings. The molecular formula is C14H16N2O3S. The normalized spacial score (nSPS) is 11.3. The maximum Gasteiger partial charge on any atom is 0.261 e. The standard InChI is InChI=1S/C14H16N2O3S/c1-9-3-4-11(7-10(9)2)16-20(18,19)12-5-6-14(17)13(15)8-12/h3-8,16-17H,15H2,1-2H3. The minimum atomic E-state index is -3.72. The predicted molar refractivity (Wildman–Crippen MR) is 79.2 cm³/mol. The monoisotopic (exact) mass is 292 g/mol. The van der Waals surface area contributed by atoms with Crippen LogP contribution in [0.25, 0.3) is 0 Å². The van der Waals surface area contributed by atoms with E-state index in [1.54, 1.807) is 12.1 Å². The Morgan fingerprint density at radius 2 is 1.75 bits per heavy atom. The van der Waals surface area contributed by atoms with Crippen molar-refractivity contribution in [3.8, 4) is 5.75 Å². The van der Waals surface area contributed by atoms with Gasteiger partial charge in [0.2, 0.25) is 0 Å². The van der Waals surface area contributed by atoms with Crippen LogP contribution in [0.5, 0.6) is 5.75 Å². The maximum absolute atomic E-state index is 12.2. The molecular weight excluding hydrogens is 276 g/mol. The summed E-state index contributed by atoms with van der Waals surface area (Å²) >= 11 is 0. The second kappa shape index (κ2) is 5.05. The van der Waals surface area contributed by atoms with E-state index in [0.717, 1.165) is 11.1 Å². The Hall–Kier alpha value is -2.21. The zero-order valence-corrected chi connectivity index (χ0v) is 12.0. The van der Waals surface area contributed by atoms with Crippen molar-refractivity contribution in [1.82, 2.24) is 0 Å². The molecule has 0 radical (unpaired) electrons. The Kier molecular flexibility index (Phi) is 3.59. The fourth-order valence-electron chi connectivity index (χ4n) is 1.72. The van der Waals surface area contributed by atoms with Gasteiger partial charge in [-0.1, -0.05) is 6.07 Å². The number of hydrogen-bond acceptors (Lipinski definition) is 4. The zero-order chi connectivity index (χ0) is 14.9. The summed E-state index contributed by atoms with van der Waals surface area (Å²) < 4.78 is 26.9. The smallest absolute Gasteiger partial charge is 0.261 e. The first-order valence-electron chi connectivity index (χ1n) is 5.98. The zero-order valence-electron chi connectivity index (χ0n) is 11.2. The molecule has 0 amide bonds. The molecule has 106 valence electrons. The van der Waals surface area contributed by atoms with Gasteiger partial charge < -0.3 is 10.8 Å². The van der Waals surface area contributed by atoms with Crippen LogP contribution in [-0.4, -0.2) is 13.5 Å². The molecule has 0 aliphatic carbocycles. The van der Waals surface area contributed by atoms with Crippen molar-refractivity contribution >= 4 is 21.4 Å². The summed E-state index contributed by atoms with van der Waals surface area (Å²) in [6.45, 7) is 3.86. The van der Waals surface area contributed by atoms with Gasteiger partial charge in [-0.15, -0.1) is 0 Å². The highest BCUT2D eigenvalue weighted by Crippen LogP contribution is 2.25. The third kappa shape index (κ3) is 2.85. The van der Waals surface area contributed by atoms with Crippen LogP contribution in [0, 0.1) is 13.8 Å². The minimum absolute atomic E-state index is 0.00558. The number of rotatable bonds is 3. The summed E-state index contributed by atoms with van der Waals surface area (Å²) in [6, 6.07) is 9.08. The van der Waals surface area contributed by atoms with Crippen LogP contribution in [0.1, 0.15) is 11.1 Å². The van der Waals surface area contributed by atoms with Crippen molar-refractivity contribution in [1.29, 1.82) is 0 Å². The van der Waals surface area contributed by atoms with Crippen LogP contribution in [-0.2, 0) is 10.0 Å². The number of anilines is 2. The SMILES string of the molecule is Cc1ccc(NS(=O)(=O)c2ccc(O)c(N)c2)cc1C. The predicted octanol–water partition coefficient (Wildman–Crippen LogP) is 2.39. The molecule has 0 aromatic heterocycles. The maximum atomic E-state index is 12.2. The molecule has 2 rings (SSSR count). The fraction of sp³-hybridized carbons (Fsp3) is 0.143. The van der Waals surface area contributed by atoms with Gasteiger partial charge in [-0.05, 0) is 55.3 Å². The summed E-state index contributed by atoms with van der Waals surface area (Å²) in [5, 5.41) is 9.33. The molecule has 0 saturated carbocycles. The first-order chi connectivity index (χ1) is 9.29. The van der Waals surface area contributed by atoms with E-state index in [1.165, 1.54) is 18.2 Å². The van der Waals surface area contributed by atoms with Gasteiger partial charge in [-0.25, -0.2) is 8.42 Å². The highest BCUT2D eigenvalue weighted by atomic mass is 32.2. The molecule has 0 bridgehead atoms. The van der Waals surface area contributed by atoms with E-state index in [0.29, 0.717) is 5.69 Å². The number of sulfonamides is 1. The molecule has 0 atom stereocenters. The van der Waals surface area contributed by atoms with E-state index in [2.05, 4.69) is 4.72 Å². The first kappa shape index (κ1) is 14.2. The van der Waals surface area contributed by atoms with Gasteiger partial charge in [0.1, 0.15) is 5.75 Å². The van der Waals surface area contributed by atoms with Gasteiger partial charge in [-0.2, -0.15) is 0 Å². The third-order valence-corrected chi connectivity index (χ3v) is 4.45. The van der Waals surface area contributed by atoms with Crippen molar-refractivity contribution in [3.05, 3.63) is 47.5 Å². The van der Waals surface area contributed by atoms with Crippen LogP contribution in [0.3, 0.4) is 0 Å². The van der Waals surface area contributed by atoms with Crippen LogP contribution in [0.4, 0.5) is 11.4 Å². The van der Waals surface area contributed by atoms with Crippen molar-refractivity contribution in [2.75, 3.05) is 10.5 Å².